The summed E-state index contributed by atoms with van der Waals surface area (Å²) in [7, 11) is 1.84. The molecule has 0 aliphatic rings. The summed E-state index contributed by atoms with van der Waals surface area (Å²) < 4.78 is 0. The zero-order valence-corrected chi connectivity index (χ0v) is 10.3. The largest absolute Gasteiger partial charge is 0.340 e. The van der Waals surface area contributed by atoms with Gasteiger partial charge in [0.1, 0.15) is 0 Å². The number of carbonyl (C=O) groups excluding carboxylic acids is 1. The van der Waals surface area contributed by atoms with Crippen LogP contribution < -0.4 is 5.32 Å². The van der Waals surface area contributed by atoms with Crippen LogP contribution in [-0.2, 0) is 11.3 Å². The molecule has 0 fully saturated rings. The number of amides is 1. The maximum Gasteiger partial charge on any atom is 0.236 e. The summed E-state index contributed by atoms with van der Waals surface area (Å²) in [5, 5.41) is 3.03. The first-order valence-corrected chi connectivity index (χ1v) is 5.63. The minimum absolute atomic E-state index is 0.128. The molecule has 0 aromatic heterocycles. The molecule has 0 saturated heterocycles. The highest BCUT2D eigenvalue weighted by Gasteiger charge is 2.07. The molecule has 3 nitrogen and oxygen atoms in total. The van der Waals surface area contributed by atoms with E-state index in [9.17, 15) is 4.79 Å². The first kappa shape index (κ1) is 12.7. The van der Waals surface area contributed by atoms with Gasteiger partial charge in [-0.15, -0.1) is 0 Å². The summed E-state index contributed by atoms with van der Waals surface area (Å²) >= 11 is 0. The zero-order chi connectivity index (χ0) is 12.0. The molecule has 0 atom stereocenters. The Morgan fingerprint density at radius 2 is 2.19 bits per heavy atom. The lowest BCUT2D eigenvalue weighted by Gasteiger charge is -2.17. The van der Waals surface area contributed by atoms with Gasteiger partial charge in [-0.1, -0.05) is 36.8 Å². The maximum absolute atomic E-state index is 11.7. The monoisotopic (exact) mass is 220 g/mol. The van der Waals surface area contributed by atoms with Crippen molar-refractivity contribution in [2.75, 3.05) is 20.1 Å². The lowest BCUT2D eigenvalue weighted by atomic mass is 10.1. The van der Waals surface area contributed by atoms with Gasteiger partial charge in [-0.2, -0.15) is 0 Å². The lowest BCUT2D eigenvalue weighted by molar-refractivity contribution is -0.129. The van der Waals surface area contributed by atoms with Gasteiger partial charge in [-0.25, -0.2) is 0 Å². The molecule has 16 heavy (non-hydrogen) atoms. The molecule has 1 rings (SSSR count). The first-order chi connectivity index (χ1) is 7.63. The highest BCUT2D eigenvalue weighted by molar-refractivity contribution is 5.77. The van der Waals surface area contributed by atoms with Gasteiger partial charge >= 0.3 is 0 Å². The predicted molar refractivity (Wildman–Crippen MR) is 66.2 cm³/mol. The summed E-state index contributed by atoms with van der Waals surface area (Å²) in [6, 6.07) is 8.23. The molecule has 88 valence electrons. The number of rotatable bonds is 5. The van der Waals surface area contributed by atoms with Crippen LogP contribution in [0.25, 0.3) is 0 Å². The topological polar surface area (TPSA) is 32.3 Å². The minimum Gasteiger partial charge on any atom is -0.340 e. The van der Waals surface area contributed by atoms with E-state index in [1.54, 1.807) is 4.90 Å². The third-order valence-electron chi connectivity index (χ3n) is 2.45. The molecule has 0 unspecified atom stereocenters. The van der Waals surface area contributed by atoms with Gasteiger partial charge < -0.3 is 10.2 Å². The van der Waals surface area contributed by atoms with E-state index in [2.05, 4.69) is 24.4 Å². The Balaban J connectivity index is 2.50. The lowest BCUT2D eigenvalue weighted by Crippen LogP contribution is -2.35. The summed E-state index contributed by atoms with van der Waals surface area (Å²) in [5.74, 6) is 0.128. The number of nitrogens with one attached hydrogen (secondary N) is 1. The molecule has 0 saturated carbocycles. The Morgan fingerprint density at radius 3 is 2.81 bits per heavy atom. The Bertz CT molecular complexity index is 350. The minimum atomic E-state index is 0.128. The average molecular weight is 220 g/mol. The summed E-state index contributed by atoms with van der Waals surface area (Å²) in [6.07, 6.45) is 0. The fraction of sp³-hybridized carbons (Fsp3) is 0.462. The van der Waals surface area contributed by atoms with Crippen LogP contribution in [0.2, 0.25) is 0 Å². The predicted octanol–water partition coefficient (Wildman–Crippen LogP) is 1.56. The molecule has 0 aliphatic carbocycles. The Hall–Kier alpha value is -1.35. The normalized spacial score (nSPS) is 10.2. The molecule has 3 heteroatoms. The van der Waals surface area contributed by atoms with Gasteiger partial charge in [0.15, 0.2) is 0 Å². The van der Waals surface area contributed by atoms with Crippen LogP contribution in [0.5, 0.6) is 0 Å². The van der Waals surface area contributed by atoms with Crippen LogP contribution in [0.15, 0.2) is 24.3 Å². The summed E-state index contributed by atoms with van der Waals surface area (Å²) in [5.41, 5.74) is 2.40. The molecule has 1 aromatic carbocycles. The number of hydrogen-bond donors (Lipinski definition) is 1. The molecule has 0 spiro atoms. The maximum atomic E-state index is 11.7. The van der Waals surface area contributed by atoms with E-state index in [1.807, 2.05) is 26.1 Å². The molecule has 1 amide bonds. The summed E-state index contributed by atoms with van der Waals surface area (Å²) in [4.78, 5) is 13.4. The molecule has 1 aromatic rings. The van der Waals surface area contributed by atoms with E-state index < -0.39 is 0 Å². The van der Waals surface area contributed by atoms with Crippen LogP contribution in [-0.4, -0.2) is 30.9 Å². The Labute approximate surface area is 97.5 Å². The van der Waals surface area contributed by atoms with Crippen molar-refractivity contribution in [3.8, 4) is 0 Å². The van der Waals surface area contributed by atoms with E-state index in [-0.39, 0.29) is 5.91 Å². The van der Waals surface area contributed by atoms with Crippen LogP contribution >= 0.6 is 0 Å². The van der Waals surface area contributed by atoms with Crippen LogP contribution in [0.4, 0.5) is 0 Å². The molecular weight excluding hydrogens is 200 g/mol. The quantitative estimate of drug-likeness (QED) is 0.817. The van der Waals surface area contributed by atoms with Crippen molar-refractivity contribution in [2.45, 2.75) is 20.4 Å². The fourth-order valence-electron chi connectivity index (χ4n) is 1.54. The molecule has 0 bridgehead atoms. The van der Waals surface area contributed by atoms with E-state index in [0.29, 0.717) is 13.1 Å². The third kappa shape index (κ3) is 4.03. The number of likely N-dealkylation sites (N-methyl/N-ethyl adjacent to an activating group) is 2. The van der Waals surface area contributed by atoms with Gasteiger partial charge in [-0.3, -0.25) is 4.79 Å². The smallest absolute Gasteiger partial charge is 0.236 e. The van der Waals surface area contributed by atoms with Crippen molar-refractivity contribution in [1.82, 2.24) is 10.2 Å². The molecule has 0 heterocycles. The van der Waals surface area contributed by atoms with Gasteiger partial charge in [0, 0.05) is 13.6 Å². The van der Waals surface area contributed by atoms with Crippen molar-refractivity contribution in [3.63, 3.8) is 0 Å². The van der Waals surface area contributed by atoms with Gasteiger partial charge in [0.05, 0.1) is 6.54 Å². The fourth-order valence-corrected chi connectivity index (χ4v) is 1.54. The van der Waals surface area contributed by atoms with Gasteiger partial charge in [0.25, 0.3) is 0 Å². The molecular formula is C13H20N2O. The summed E-state index contributed by atoms with van der Waals surface area (Å²) in [6.45, 7) is 5.96. The van der Waals surface area contributed by atoms with Gasteiger partial charge in [-0.05, 0) is 19.0 Å². The first-order valence-electron chi connectivity index (χ1n) is 5.63. The van der Waals surface area contributed by atoms with Crippen molar-refractivity contribution in [3.05, 3.63) is 35.4 Å². The molecule has 1 N–H and O–H groups in total. The number of carbonyl (C=O) groups is 1. The van der Waals surface area contributed by atoms with E-state index in [1.165, 1.54) is 11.1 Å². The van der Waals surface area contributed by atoms with Crippen LogP contribution in [0.1, 0.15) is 18.1 Å². The highest BCUT2D eigenvalue weighted by atomic mass is 16.2. The Morgan fingerprint density at radius 1 is 1.44 bits per heavy atom. The van der Waals surface area contributed by atoms with Crippen LogP contribution in [0, 0.1) is 6.92 Å². The molecule has 0 radical (unpaired) electrons. The van der Waals surface area contributed by atoms with E-state index in [4.69, 9.17) is 0 Å². The number of aryl methyl sites for hydroxylation is 1. The van der Waals surface area contributed by atoms with Crippen molar-refractivity contribution in [1.29, 1.82) is 0 Å². The SMILES string of the molecule is CCNCC(=O)N(C)Cc1cccc(C)c1. The van der Waals surface area contributed by atoms with Gasteiger partial charge in [0.2, 0.25) is 5.91 Å². The van der Waals surface area contributed by atoms with E-state index >= 15 is 0 Å². The number of hydrogen-bond acceptors (Lipinski definition) is 2. The second-order valence-electron chi connectivity index (χ2n) is 4.02. The Kier molecular flexibility index (Phi) is 4.99. The van der Waals surface area contributed by atoms with Crippen molar-refractivity contribution in [2.24, 2.45) is 0 Å². The second kappa shape index (κ2) is 6.28. The zero-order valence-electron chi connectivity index (χ0n) is 10.3. The third-order valence-corrected chi connectivity index (χ3v) is 2.45. The van der Waals surface area contributed by atoms with Crippen molar-refractivity contribution < 1.29 is 4.79 Å². The molecule has 0 aliphatic heterocycles. The number of benzene rings is 1. The standard InChI is InChI=1S/C13H20N2O/c1-4-14-9-13(16)15(3)10-12-7-5-6-11(2)8-12/h5-8,14H,4,9-10H2,1-3H3. The average Bonchev–Trinajstić information content (AvgIpc) is 2.25. The van der Waals surface area contributed by atoms with Crippen LogP contribution in [0.3, 0.4) is 0 Å². The number of nitrogens with zero attached hydrogens (tertiary/aromatic N) is 1. The van der Waals surface area contributed by atoms with Crippen molar-refractivity contribution >= 4 is 5.91 Å². The second-order valence-corrected chi connectivity index (χ2v) is 4.02. The van der Waals surface area contributed by atoms with E-state index in [0.717, 1.165) is 6.54 Å². The highest BCUT2D eigenvalue weighted by Crippen LogP contribution is 2.06.